The van der Waals surface area contributed by atoms with E-state index in [1.807, 2.05) is 6.92 Å². The third-order valence-electron chi connectivity index (χ3n) is 3.81. The van der Waals surface area contributed by atoms with Crippen molar-refractivity contribution in [3.8, 4) is 0 Å². The van der Waals surface area contributed by atoms with Crippen LogP contribution in [0.3, 0.4) is 0 Å². The van der Waals surface area contributed by atoms with Gasteiger partial charge in [-0.05, 0) is 20.4 Å². The van der Waals surface area contributed by atoms with Gasteiger partial charge in [0.15, 0.2) is 5.66 Å². The zero-order valence-corrected chi connectivity index (χ0v) is 17.7. The fourth-order valence-corrected chi connectivity index (χ4v) is 2.61. The molecule has 0 fully saturated rings. The summed E-state index contributed by atoms with van der Waals surface area (Å²) in [5.74, 6) is -1.60. The van der Waals surface area contributed by atoms with Crippen molar-refractivity contribution in [2.24, 2.45) is 5.73 Å². The molecule has 0 heterocycles. The number of carbonyl (C=O) groups is 3. The number of hydrogen-bond acceptors (Lipinski definition) is 8. The Bertz CT molecular complexity index is 510. The van der Waals surface area contributed by atoms with Crippen LogP contribution in [-0.2, 0) is 14.4 Å². The predicted molar refractivity (Wildman–Crippen MR) is 109 cm³/mol. The minimum absolute atomic E-state index is 0.0424. The predicted octanol–water partition coefficient (Wildman–Crippen LogP) is -1.46. The standard InChI is InChI=1S/C14H29N5O3S3/c1-5-17-12(2,6-23)10(21)19-14(15,8-25)11(22)18-13(3,7-24)9(20)16-4/h17,23-25H,5-8,15H2,1-4H3,(H,16,20)(H,18,22)(H,19,21)/t12-,13-,14-/m1/s1. The van der Waals surface area contributed by atoms with Crippen LogP contribution in [0.25, 0.3) is 0 Å². The lowest BCUT2D eigenvalue weighted by Gasteiger charge is -2.36. The highest BCUT2D eigenvalue weighted by Gasteiger charge is 2.43. The maximum Gasteiger partial charge on any atom is 0.262 e. The molecule has 0 aliphatic carbocycles. The number of likely N-dealkylation sites (N-methyl/N-ethyl adjacent to an activating group) is 2. The molecule has 6 N–H and O–H groups in total. The number of nitrogens with one attached hydrogen (secondary N) is 4. The molecule has 0 rings (SSSR count). The zero-order valence-electron chi connectivity index (χ0n) is 15.0. The molecule has 0 saturated heterocycles. The van der Waals surface area contributed by atoms with Crippen LogP contribution in [0.2, 0.25) is 0 Å². The smallest absolute Gasteiger partial charge is 0.262 e. The molecule has 0 radical (unpaired) electrons. The molecule has 0 unspecified atom stereocenters. The molecule has 0 aliphatic heterocycles. The molecule has 25 heavy (non-hydrogen) atoms. The van der Waals surface area contributed by atoms with E-state index in [-0.39, 0.29) is 17.3 Å². The van der Waals surface area contributed by atoms with E-state index in [0.717, 1.165) is 0 Å². The molecule has 0 spiro atoms. The van der Waals surface area contributed by atoms with Gasteiger partial charge in [-0.1, -0.05) is 6.92 Å². The molecule has 0 bridgehead atoms. The molecule has 0 aliphatic rings. The minimum atomic E-state index is -1.81. The molecule has 146 valence electrons. The second-order valence-electron chi connectivity index (χ2n) is 6.13. The van der Waals surface area contributed by atoms with Crippen LogP contribution in [0, 0.1) is 0 Å². The van der Waals surface area contributed by atoms with Gasteiger partial charge in [-0.25, -0.2) is 0 Å². The number of thiol groups is 3. The van der Waals surface area contributed by atoms with Crippen LogP contribution in [0.1, 0.15) is 20.8 Å². The quantitative estimate of drug-likeness (QED) is 0.165. The van der Waals surface area contributed by atoms with Crippen molar-refractivity contribution in [2.45, 2.75) is 37.5 Å². The second kappa shape index (κ2) is 9.91. The van der Waals surface area contributed by atoms with Gasteiger partial charge in [-0.2, -0.15) is 37.9 Å². The summed E-state index contributed by atoms with van der Waals surface area (Å²) in [5.41, 5.74) is 1.95. The first-order chi connectivity index (χ1) is 11.5. The summed E-state index contributed by atoms with van der Waals surface area (Å²) in [5, 5.41) is 10.5. The Hall–Kier alpha value is -0.620. The average molecular weight is 412 g/mol. The van der Waals surface area contributed by atoms with E-state index in [2.05, 4.69) is 59.2 Å². The summed E-state index contributed by atoms with van der Waals surface area (Å²) in [6, 6.07) is 0. The van der Waals surface area contributed by atoms with Gasteiger partial charge in [0.2, 0.25) is 11.8 Å². The van der Waals surface area contributed by atoms with Crippen LogP contribution in [0.15, 0.2) is 0 Å². The highest BCUT2D eigenvalue weighted by atomic mass is 32.1. The van der Waals surface area contributed by atoms with E-state index in [1.165, 1.54) is 14.0 Å². The van der Waals surface area contributed by atoms with Crippen molar-refractivity contribution < 1.29 is 14.4 Å². The molecule has 0 aromatic heterocycles. The fourth-order valence-electron chi connectivity index (χ4n) is 1.91. The lowest BCUT2D eigenvalue weighted by atomic mass is 10.00. The van der Waals surface area contributed by atoms with Gasteiger partial charge < -0.3 is 27.0 Å². The molecule has 8 nitrogen and oxygen atoms in total. The molecule has 3 atom stereocenters. The van der Waals surface area contributed by atoms with E-state index in [9.17, 15) is 14.4 Å². The van der Waals surface area contributed by atoms with E-state index in [0.29, 0.717) is 6.54 Å². The highest BCUT2D eigenvalue weighted by Crippen LogP contribution is 2.12. The molecular formula is C14H29N5O3S3. The first-order valence-corrected chi connectivity index (χ1v) is 9.62. The van der Waals surface area contributed by atoms with Crippen LogP contribution in [0.4, 0.5) is 0 Å². The summed E-state index contributed by atoms with van der Waals surface area (Å²) in [4.78, 5) is 37.2. The molecule has 0 aromatic carbocycles. The van der Waals surface area contributed by atoms with Gasteiger partial charge in [0.25, 0.3) is 5.91 Å². The van der Waals surface area contributed by atoms with Crippen LogP contribution in [-0.4, -0.2) is 65.3 Å². The Labute approximate surface area is 165 Å². The van der Waals surface area contributed by atoms with E-state index in [4.69, 9.17) is 5.73 Å². The fraction of sp³-hybridized carbons (Fsp3) is 0.786. The van der Waals surface area contributed by atoms with Crippen molar-refractivity contribution in [3.05, 3.63) is 0 Å². The molecule has 3 amide bonds. The number of rotatable bonds is 10. The lowest BCUT2D eigenvalue weighted by molar-refractivity contribution is -0.138. The normalized spacial score (nSPS) is 18.2. The van der Waals surface area contributed by atoms with Crippen molar-refractivity contribution in [1.82, 2.24) is 21.3 Å². The highest BCUT2D eigenvalue weighted by molar-refractivity contribution is 7.80. The molecular weight excluding hydrogens is 382 g/mol. The van der Waals surface area contributed by atoms with Crippen molar-refractivity contribution in [2.75, 3.05) is 30.9 Å². The number of amides is 3. The van der Waals surface area contributed by atoms with Gasteiger partial charge in [0, 0.05) is 24.3 Å². The van der Waals surface area contributed by atoms with E-state index >= 15 is 0 Å². The number of hydrogen-bond donors (Lipinski definition) is 8. The summed E-state index contributed by atoms with van der Waals surface area (Å²) in [6.07, 6.45) is 0. The van der Waals surface area contributed by atoms with Gasteiger partial charge in [0.1, 0.15) is 11.1 Å². The zero-order chi connectivity index (χ0) is 19.9. The molecule has 0 aromatic rings. The Kier molecular flexibility index (Phi) is 9.66. The molecule has 11 heteroatoms. The van der Waals surface area contributed by atoms with E-state index in [1.54, 1.807) is 6.92 Å². The summed E-state index contributed by atoms with van der Waals surface area (Å²) in [7, 11) is 1.45. The number of carbonyl (C=O) groups excluding carboxylic acids is 3. The van der Waals surface area contributed by atoms with Crippen LogP contribution in [0.5, 0.6) is 0 Å². The van der Waals surface area contributed by atoms with Crippen molar-refractivity contribution >= 4 is 55.6 Å². The number of nitrogens with two attached hydrogens (primary N) is 1. The lowest BCUT2D eigenvalue weighted by Crippen LogP contribution is -2.73. The van der Waals surface area contributed by atoms with Crippen LogP contribution < -0.4 is 27.0 Å². The largest absolute Gasteiger partial charge is 0.357 e. The maximum absolute atomic E-state index is 12.6. The first-order valence-electron chi connectivity index (χ1n) is 7.72. The monoisotopic (exact) mass is 411 g/mol. The average Bonchev–Trinajstić information content (AvgIpc) is 2.60. The Morgan fingerprint density at radius 3 is 1.76 bits per heavy atom. The summed E-state index contributed by atoms with van der Waals surface area (Å²) in [6.45, 7) is 5.53. The van der Waals surface area contributed by atoms with Crippen molar-refractivity contribution in [1.29, 1.82) is 0 Å². The Balaban J connectivity index is 5.42. The van der Waals surface area contributed by atoms with E-state index < -0.39 is 34.5 Å². The van der Waals surface area contributed by atoms with Crippen molar-refractivity contribution in [3.63, 3.8) is 0 Å². The minimum Gasteiger partial charge on any atom is -0.357 e. The van der Waals surface area contributed by atoms with Gasteiger partial charge in [0.05, 0.1) is 0 Å². The maximum atomic E-state index is 12.6. The topological polar surface area (TPSA) is 125 Å². The van der Waals surface area contributed by atoms with Gasteiger partial charge in [-0.15, -0.1) is 0 Å². The van der Waals surface area contributed by atoms with Gasteiger partial charge in [-0.3, -0.25) is 14.4 Å². The van der Waals surface area contributed by atoms with Crippen LogP contribution >= 0.6 is 37.9 Å². The Morgan fingerprint density at radius 1 is 0.880 bits per heavy atom. The SMILES string of the molecule is CCN[C@](C)(CS)C(=O)N[C@](N)(CS)C(=O)N[C@](C)(CS)C(=O)NC. The summed E-state index contributed by atoms with van der Waals surface area (Å²) >= 11 is 12.4. The first kappa shape index (κ1) is 24.4. The third kappa shape index (κ3) is 5.95. The Morgan fingerprint density at radius 2 is 1.40 bits per heavy atom. The third-order valence-corrected chi connectivity index (χ3v) is 5.57. The molecule has 0 saturated carbocycles. The second-order valence-corrected chi connectivity index (χ2v) is 7.08. The van der Waals surface area contributed by atoms with Gasteiger partial charge >= 0.3 is 0 Å². The summed E-state index contributed by atoms with van der Waals surface area (Å²) < 4.78 is 0.